The molecular formula is C30H36N4O5S. The number of benzene rings is 1. The van der Waals surface area contributed by atoms with Crippen molar-refractivity contribution in [3.63, 3.8) is 0 Å². The highest BCUT2D eigenvalue weighted by Crippen LogP contribution is 2.41. The molecule has 0 spiro atoms. The van der Waals surface area contributed by atoms with Gasteiger partial charge in [0, 0.05) is 11.1 Å². The smallest absolute Gasteiger partial charge is 0.332 e. The number of hydrogen-bond donors (Lipinski definition) is 1. The van der Waals surface area contributed by atoms with Gasteiger partial charge in [-0.1, -0.05) is 18.2 Å². The SMILES string of the molecule is COc1ccccc1C(Cn1c(=O)n(C(C)(C)C)c(=O)c2c(C)c(-c3ncco3)sc21)OC1CC2CNCC2C1. The van der Waals surface area contributed by atoms with Crippen molar-refractivity contribution >= 4 is 21.6 Å². The lowest BCUT2D eigenvalue weighted by atomic mass is 10.0. The maximum absolute atomic E-state index is 14.2. The second kappa shape index (κ2) is 10.3. The van der Waals surface area contributed by atoms with Gasteiger partial charge >= 0.3 is 5.69 Å². The number of rotatable bonds is 7. The summed E-state index contributed by atoms with van der Waals surface area (Å²) in [4.78, 5) is 33.7. The van der Waals surface area contributed by atoms with Crippen molar-refractivity contribution in [2.75, 3.05) is 20.2 Å². The third-order valence-corrected chi connectivity index (χ3v) is 9.61. The first-order valence-electron chi connectivity index (χ1n) is 13.9. The van der Waals surface area contributed by atoms with Gasteiger partial charge in [0.25, 0.3) is 5.56 Å². The summed E-state index contributed by atoms with van der Waals surface area (Å²) in [6, 6.07) is 7.82. The standard InChI is InChI=1S/C30H36N4O5S/c1-17-24-27(35)34(30(2,3)4)29(36)33(28(24)40-25(17)26-32-10-11-38-26)16-23(21-8-6-7-9-22(21)37-5)39-20-12-18-14-31-15-19(18)13-20/h6-11,18-20,23,31H,12-16H2,1-5H3. The van der Waals surface area contributed by atoms with Gasteiger partial charge in [-0.15, -0.1) is 11.3 Å². The summed E-state index contributed by atoms with van der Waals surface area (Å²) in [7, 11) is 1.65. The van der Waals surface area contributed by atoms with E-state index in [0.29, 0.717) is 33.7 Å². The van der Waals surface area contributed by atoms with Crippen molar-refractivity contribution in [2.24, 2.45) is 11.8 Å². The number of para-hydroxylation sites is 1. The van der Waals surface area contributed by atoms with Crippen molar-refractivity contribution in [1.29, 1.82) is 0 Å². The fraction of sp³-hybridized carbons (Fsp3) is 0.500. The number of nitrogens with zero attached hydrogens (tertiary/aromatic N) is 3. The molecule has 3 unspecified atom stereocenters. The van der Waals surface area contributed by atoms with Crippen molar-refractivity contribution in [1.82, 2.24) is 19.4 Å². The highest BCUT2D eigenvalue weighted by Gasteiger charge is 2.39. The number of aromatic nitrogens is 3. The molecule has 4 heterocycles. The van der Waals surface area contributed by atoms with Gasteiger partial charge in [0.15, 0.2) is 0 Å². The molecule has 212 valence electrons. The van der Waals surface area contributed by atoms with Crippen LogP contribution in [0.4, 0.5) is 0 Å². The quantitative estimate of drug-likeness (QED) is 0.347. The van der Waals surface area contributed by atoms with E-state index in [4.69, 9.17) is 13.9 Å². The van der Waals surface area contributed by atoms with Gasteiger partial charge in [-0.05, 0) is 77.1 Å². The van der Waals surface area contributed by atoms with Gasteiger partial charge in [0.1, 0.15) is 22.9 Å². The Morgan fingerprint density at radius 3 is 2.55 bits per heavy atom. The number of thiophene rings is 1. The Hall–Kier alpha value is -3.21. The zero-order valence-corrected chi connectivity index (χ0v) is 24.4. The largest absolute Gasteiger partial charge is 0.496 e. The van der Waals surface area contributed by atoms with E-state index in [2.05, 4.69) is 10.3 Å². The fourth-order valence-electron chi connectivity index (χ4n) is 6.41. The molecular weight excluding hydrogens is 528 g/mol. The van der Waals surface area contributed by atoms with E-state index < -0.39 is 11.6 Å². The molecule has 4 aromatic rings. The molecule has 10 heteroatoms. The Balaban J connectivity index is 1.52. The van der Waals surface area contributed by atoms with Crippen molar-refractivity contribution in [2.45, 2.75) is 64.8 Å². The zero-order chi connectivity index (χ0) is 28.2. The average Bonchev–Trinajstić information content (AvgIpc) is 3.69. The molecule has 1 saturated carbocycles. The minimum absolute atomic E-state index is 0.0830. The number of aryl methyl sites for hydroxylation is 1. The van der Waals surface area contributed by atoms with Gasteiger partial charge in [0.05, 0.1) is 36.2 Å². The van der Waals surface area contributed by atoms with Crippen LogP contribution in [0.1, 0.15) is 50.8 Å². The van der Waals surface area contributed by atoms with E-state index in [0.717, 1.165) is 41.9 Å². The molecule has 1 N–H and O–H groups in total. The molecule has 2 fully saturated rings. The first kappa shape index (κ1) is 27.0. The predicted molar refractivity (Wildman–Crippen MR) is 155 cm³/mol. The molecule has 0 bridgehead atoms. The molecule has 0 radical (unpaired) electrons. The number of oxazole rings is 1. The van der Waals surface area contributed by atoms with Crippen molar-refractivity contribution in [3.05, 3.63) is 68.7 Å². The Morgan fingerprint density at radius 1 is 1.18 bits per heavy atom. The summed E-state index contributed by atoms with van der Waals surface area (Å²) < 4.78 is 21.3. The Bertz CT molecular complexity index is 1630. The van der Waals surface area contributed by atoms with Crippen LogP contribution in [0.2, 0.25) is 0 Å². The maximum atomic E-state index is 14.2. The van der Waals surface area contributed by atoms with E-state index in [1.165, 1.54) is 22.2 Å². The molecule has 0 amide bonds. The molecule has 1 saturated heterocycles. The lowest BCUT2D eigenvalue weighted by Gasteiger charge is -2.27. The maximum Gasteiger partial charge on any atom is 0.332 e. The number of ether oxygens (including phenoxy) is 2. The van der Waals surface area contributed by atoms with Crippen LogP contribution in [0.15, 0.2) is 50.7 Å². The highest BCUT2D eigenvalue weighted by atomic mass is 32.1. The second-order valence-electron chi connectivity index (χ2n) is 11.9. The average molecular weight is 565 g/mol. The summed E-state index contributed by atoms with van der Waals surface area (Å²) in [5.41, 5.74) is 0.251. The highest BCUT2D eigenvalue weighted by molar-refractivity contribution is 7.22. The van der Waals surface area contributed by atoms with Gasteiger partial charge in [-0.3, -0.25) is 13.9 Å². The first-order valence-corrected chi connectivity index (χ1v) is 14.7. The lowest BCUT2D eigenvalue weighted by Crippen LogP contribution is -2.48. The fourth-order valence-corrected chi connectivity index (χ4v) is 7.65. The van der Waals surface area contributed by atoms with Gasteiger partial charge in [-0.2, -0.15) is 0 Å². The Labute approximate surface area is 236 Å². The van der Waals surface area contributed by atoms with Crippen molar-refractivity contribution in [3.8, 4) is 16.5 Å². The minimum atomic E-state index is -0.724. The molecule has 6 rings (SSSR count). The summed E-state index contributed by atoms with van der Waals surface area (Å²) in [6.45, 7) is 9.81. The topological polar surface area (TPSA) is 101 Å². The number of methoxy groups -OCH3 is 1. The Morgan fingerprint density at radius 2 is 1.90 bits per heavy atom. The third kappa shape index (κ3) is 4.61. The minimum Gasteiger partial charge on any atom is -0.496 e. The molecule has 1 aliphatic heterocycles. The van der Waals surface area contributed by atoms with Crippen LogP contribution in [0.5, 0.6) is 5.75 Å². The first-order chi connectivity index (χ1) is 19.2. The molecule has 2 aliphatic rings. The summed E-state index contributed by atoms with van der Waals surface area (Å²) in [6.07, 6.45) is 4.70. The molecule has 3 atom stereocenters. The van der Waals surface area contributed by atoms with Crippen LogP contribution < -0.4 is 21.3 Å². The van der Waals surface area contributed by atoms with Crippen LogP contribution in [0, 0.1) is 18.8 Å². The molecule has 9 nitrogen and oxygen atoms in total. The van der Waals surface area contributed by atoms with E-state index in [-0.39, 0.29) is 23.9 Å². The van der Waals surface area contributed by atoms with Crippen LogP contribution in [-0.2, 0) is 16.8 Å². The zero-order valence-electron chi connectivity index (χ0n) is 23.6. The predicted octanol–water partition coefficient (Wildman–Crippen LogP) is 4.71. The van der Waals surface area contributed by atoms with Crippen LogP contribution in [0.3, 0.4) is 0 Å². The lowest BCUT2D eigenvalue weighted by molar-refractivity contribution is -0.0233. The number of nitrogens with one attached hydrogen (secondary N) is 1. The normalized spacial score (nSPS) is 21.7. The second-order valence-corrected chi connectivity index (χ2v) is 12.9. The number of hydrogen-bond acceptors (Lipinski definition) is 8. The van der Waals surface area contributed by atoms with Crippen LogP contribution in [-0.4, -0.2) is 40.4 Å². The van der Waals surface area contributed by atoms with Crippen LogP contribution in [0.25, 0.3) is 21.0 Å². The molecule has 40 heavy (non-hydrogen) atoms. The van der Waals surface area contributed by atoms with Gasteiger partial charge < -0.3 is 19.2 Å². The number of fused-ring (bicyclic) bond motifs is 2. The monoisotopic (exact) mass is 564 g/mol. The van der Waals surface area contributed by atoms with E-state index in [9.17, 15) is 9.59 Å². The van der Waals surface area contributed by atoms with Crippen molar-refractivity contribution < 1.29 is 13.9 Å². The van der Waals surface area contributed by atoms with Gasteiger partial charge in [-0.25, -0.2) is 9.78 Å². The summed E-state index contributed by atoms with van der Waals surface area (Å²) in [5, 5.41) is 4.00. The van der Waals surface area contributed by atoms with E-state index >= 15 is 0 Å². The Kier molecular flexibility index (Phi) is 6.96. The van der Waals surface area contributed by atoms with E-state index in [1.54, 1.807) is 17.9 Å². The third-order valence-electron chi connectivity index (χ3n) is 8.31. The van der Waals surface area contributed by atoms with Crippen LogP contribution >= 0.6 is 11.3 Å². The summed E-state index contributed by atoms with van der Waals surface area (Å²) >= 11 is 1.36. The molecule has 1 aliphatic carbocycles. The van der Waals surface area contributed by atoms with Gasteiger partial charge in [0.2, 0.25) is 5.89 Å². The summed E-state index contributed by atoms with van der Waals surface area (Å²) in [5.74, 6) is 2.37. The molecule has 1 aromatic carbocycles. The molecule has 3 aromatic heterocycles. The van der Waals surface area contributed by atoms with E-state index in [1.807, 2.05) is 52.0 Å².